The smallest absolute Gasteiger partial charge is 0.317 e. The van der Waals surface area contributed by atoms with Crippen LogP contribution in [0.4, 0.5) is 0 Å². The summed E-state index contributed by atoms with van der Waals surface area (Å²) in [4.78, 5) is 25.3. The Morgan fingerprint density at radius 2 is 1.96 bits per heavy atom. The SMILES string of the molecule is O=C(O)CN(CC1CC1)C1CC(NC(=O)Cc2cccc(Cl)c2Cl)C1. The van der Waals surface area contributed by atoms with Gasteiger partial charge in [-0.25, -0.2) is 0 Å². The van der Waals surface area contributed by atoms with E-state index in [1.165, 1.54) is 12.8 Å². The molecule has 2 aliphatic rings. The van der Waals surface area contributed by atoms with Gasteiger partial charge in [-0.3, -0.25) is 14.5 Å². The van der Waals surface area contributed by atoms with Crippen LogP contribution in [0.5, 0.6) is 0 Å². The van der Waals surface area contributed by atoms with Crippen molar-refractivity contribution in [1.29, 1.82) is 0 Å². The van der Waals surface area contributed by atoms with Crippen molar-refractivity contribution in [1.82, 2.24) is 10.2 Å². The van der Waals surface area contributed by atoms with E-state index in [4.69, 9.17) is 28.3 Å². The van der Waals surface area contributed by atoms with Gasteiger partial charge in [0, 0.05) is 18.6 Å². The van der Waals surface area contributed by atoms with Crippen molar-refractivity contribution in [2.24, 2.45) is 5.92 Å². The standard InChI is InChI=1S/C18H22Cl2N2O3/c19-15-3-1-2-12(18(15)20)6-16(23)21-13-7-14(8-13)22(10-17(24)25)9-11-4-5-11/h1-3,11,13-14H,4-10H2,(H,21,23)(H,24,25). The largest absolute Gasteiger partial charge is 0.480 e. The molecule has 5 nitrogen and oxygen atoms in total. The van der Waals surface area contributed by atoms with Crippen LogP contribution in [0.1, 0.15) is 31.2 Å². The average Bonchev–Trinajstić information content (AvgIpc) is 3.30. The maximum absolute atomic E-state index is 12.2. The van der Waals surface area contributed by atoms with Crippen molar-refractivity contribution in [3.05, 3.63) is 33.8 Å². The van der Waals surface area contributed by atoms with Gasteiger partial charge in [0.15, 0.2) is 0 Å². The number of carbonyl (C=O) groups excluding carboxylic acids is 1. The molecule has 1 aromatic carbocycles. The van der Waals surface area contributed by atoms with E-state index in [1.54, 1.807) is 18.2 Å². The minimum absolute atomic E-state index is 0.0833. The lowest BCUT2D eigenvalue weighted by atomic mass is 9.85. The summed E-state index contributed by atoms with van der Waals surface area (Å²) in [5.74, 6) is -0.221. The summed E-state index contributed by atoms with van der Waals surface area (Å²) in [5.41, 5.74) is 0.712. The Hall–Kier alpha value is -1.30. The molecule has 1 aromatic rings. The molecule has 0 saturated heterocycles. The highest BCUT2D eigenvalue weighted by Gasteiger charge is 2.37. The number of hydrogen-bond acceptors (Lipinski definition) is 3. The summed E-state index contributed by atoms with van der Waals surface area (Å²) < 4.78 is 0. The number of aliphatic carboxylic acids is 1. The van der Waals surface area contributed by atoms with Crippen LogP contribution in [-0.4, -0.2) is 47.1 Å². The number of halogens is 2. The molecule has 0 unspecified atom stereocenters. The molecule has 1 amide bonds. The zero-order valence-corrected chi connectivity index (χ0v) is 15.4. The maximum Gasteiger partial charge on any atom is 0.317 e. The first-order chi connectivity index (χ1) is 11.9. The molecule has 0 aromatic heterocycles. The molecule has 25 heavy (non-hydrogen) atoms. The quantitative estimate of drug-likeness (QED) is 0.722. The fourth-order valence-electron chi connectivity index (χ4n) is 3.29. The Balaban J connectivity index is 1.46. The van der Waals surface area contributed by atoms with Gasteiger partial charge in [0.2, 0.25) is 5.91 Å². The Morgan fingerprint density at radius 3 is 2.60 bits per heavy atom. The second kappa shape index (κ2) is 7.94. The van der Waals surface area contributed by atoms with E-state index in [-0.39, 0.29) is 31.0 Å². The van der Waals surface area contributed by atoms with Crippen molar-refractivity contribution in [3.63, 3.8) is 0 Å². The molecule has 0 radical (unpaired) electrons. The second-order valence-electron chi connectivity index (χ2n) is 7.05. The number of rotatable bonds is 8. The molecule has 2 fully saturated rings. The lowest BCUT2D eigenvalue weighted by Crippen LogP contribution is -2.55. The van der Waals surface area contributed by atoms with Crippen molar-refractivity contribution < 1.29 is 14.7 Å². The van der Waals surface area contributed by atoms with E-state index >= 15 is 0 Å². The first-order valence-electron chi connectivity index (χ1n) is 8.60. The number of nitrogens with one attached hydrogen (secondary N) is 1. The third kappa shape index (κ3) is 5.09. The van der Waals surface area contributed by atoms with Crippen LogP contribution in [0.3, 0.4) is 0 Å². The van der Waals surface area contributed by atoms with E-state index in [0.717, 1.165) is 19.4 Å². The van der Waals surface area contributed by atoms with Crippen LogP contribution in [-0.2, 0) is 16.0 Å². The molecular formula is C18H22Cl2N2O3. The number of amides is 1. The van der Waals surface area contributed by atoms with Crippen molar-refractivity contribution in [2.75, 3.05) is 13.1 Å². The zero-order chi connectivity index (χ0) is 18.0. The number of nitrogens with zero attached hydrogens (tertiary/aromatic N) is 1. The normalized spacial score (nSPS) is 22.5. The molecule has 0 spiro atoms. The first-order valence-corrected chi connectivity index (χ1v) is 9.36. The molecule has 0 bridgehead atoms. The van der Waals surface area contributed by atoms with E-state index in [9.17, 15) is 9.59 Å². The van der Waals surface area contributed by atoms with Gasteiger partial charge >= 0.3 is 5.97 Å². The fraction of sp³-hybridized carbons (Fsp3) is 0.556. The molecule has 2 aliphatic carbocycles. The Labute approximate surface area is 157 Å². The van der Waals surface area contributed by atoms with Gasteiger partial charge in [0.25, 0.3) is 0 Å². The first kappa shape index (κ1) is 18.5. The predicted octanol–water partition coefficient (Wildman–Crippen LogP) is 2.98. The van der Waals surface area contributed by atoms with E-state index < -0.39 is 5.97 Å². The maximum atomic E-state index is 12.2. The van der Waals surface area contributed by atoms with Crippen LogP contribution in [0.25, 0.3) is 0 Å². The monoisotopic (exact) mass is 384 g/mol. The third-order valence-electron chi connectivity index (χ3n) is 4.91. The average molecular weight is 385 g/mol. The molecule has 0 atom stereocenters. The van der Waals surface area contributed by atoms with E-state index in [0.29, 0.717) is 21.5 Å². The molecule has 2 N–H and O–H groups in total. The van der Waals surface area contributed by atoms with Gasteiger partial charge in [-0.1, -0.05) is 35.3 Å². The highest BCUT2D eigenvalue weighted by Crippen LogP contribution is 2.34. The highest BCUT2D eigenvalue weighted by atomic mass is 35.5. The lowest BCUT2D eigenvalue weighted by molar-refractivity contribution is -0.140. The van der Waals surface area contributed by atoms with Gasteiger partial charge in [-0.15, -0.1) is 0 Å². The van der Waals surface area contributed by atoms with Crippen molar-refractivity contribution in [3.8, 4) is 0 Å². The van der Waals surface area contributed by atoms with Crippen LogP contribution >= 0.6 is 23.2 Å². The molecule has 3 rings (SSSR count). The topological polar surface area (TPSA) is 69.6 Å². The molecule has 0 aliphatic heterocycles. The molecule has 2 saturated carbocycles. The summed E-state index contributed by atoms with van der Waals surface area (Å²) in [6.45, 7) is 0.940. The van der Waals surface area contributed by atoms with Crippen LogP contribution in [0, 0.1) is 5.92 Å². The molecule has 7 heteroatoms. The van der Waals surface area contributed by atoms with Crippen molar-refractivity contribution in [2.45, 2.75) is 44.2 Å². The highest BCUT2D eigenvalue weighted by molar-refractivity contribution is 6.42. The van der Waals surface area contributed by atoms with Crippen LogP contribution in [0.2, 0.25) is 10.0 Å². The fourth-order valence-corrected chi connectivity index (χ4v) is 3.68. The Bertz CT molecular complexity index is 658. The third-order valence-corrected chi connectivity index (χ3v) is 5.76. The van der Waals surface area contributed by atoms with Gasteiger partial charge in [0.1, 0.15) is 0 Å². The Morgan fingerprint density at radius 1 is 1.24 bits per heavy atom. The van der Waals surface area contributed by atoms with Crippen molar-refractivity contribution >= 4 is 35.1 Å². The van der Waals surface area contributed by atoms with Gasteiger partial charge < -0.3 is 10.4 Å². The number of carboxylic acid groups (broad SMARTS) is 1. The zero-order valence-electron chi connectivity index (χ0n) is 13.9. The number of carbonyl (C=O) groups is 2. The summed E-state index contributed by atoms with van der Waals surface area (Å²) in [6.07, 6.45) is 4.19. The summed E-state index contributed by atoms with van der Waals surface area (Å²) in [7, 11) is 0. The summed E-state index contributed by atoms with van der Waals surface area (Å²) in [5, 5.41) is 12.9. The van der Waals surface area contributed by atoms with Gasteiger partial charge in [-0.05, 0) is 43.2 Å². The molecular weight excluding hydrogens is 363 g/mol. The van der Waals surface area contributed by atoms with Crippen LogP contribution in [0.15, 0.2) is 18.2 Å². The Kier molecular flexibility index (Phi) is 5.87. The second-order valence-corrected chi connectivity index (χ2v) is 7.83. The van der Waals surface area contributed by atoms with Crippen LogP contribution < -0.4 is 5.32 Å². The predicted molar refractivity (Wildman–Crippen MR) is 97.1 cm³/mol. The number of benzene rings is 1. The number of carboxylic acids is 1. The molecule has 136 valence electrons. The lowest BCUT2D eigenvalue weighted by Gasteiger charge is -2.42. The van der Waals surface area contributed by atoms with Gasteiger partial charge in [0.05, 0.1) is 23.0 Å². The minimum Gasteiger partial charge on any atom is -0.480 e. The van der Waals surface area contributed by atoms with Gasteiger partial charge in [-0.2, -0.15) is 0 Å². The summed E-state index contributed by atoms with van der Waals surface area (Å²) >= 11 is 12.1. The molecule has 0 heterocycles. The van der Waals surface area contributed by atoms with E-state index in [2.05, 4.69) is 10.2 Å². The summed E-state index contributed by atoms with van der Waals surface area (Å²) in [6, 6.07) is 5.61. The van der Waals surface area contributed by atoms with E-state index in [1.807, 2.05) is 0 Å². The number of hydrogen-bond donors (Lipinski definition) is 2. The minimum atomic E-state index is -0.788.